The zero-order valence-corrected chi connectivity index (χ0v) is 20.3. The Bertz CT molecular complexity index is 1290. The van der Waals surface area contributed by atoms with Crippen molar-refractivity contribution in [1.82, 2.24) is 0 Å². The van der Waals surface area contributed by atoms with Crippen molar-refractivity contribution in [3.63, 3.8) is 0 Å². The highest BCUT2D eigenvalue weighted by Crippen LogP contribution is 2.49. The molecule has 0 unspecified atom stereocenters. The van der Waals surface area contributed by atoms with Gasteiger partial charge < -0.3 is 15.2 Å². The predicted molar refractivity (Wildman–Crippen MR) is 130 cm³/mol. The van der Waals surface area contributed by atoms with E-state index in [1.807, 2.05) is 65.8 Å². The molecule has 4 rings (SSSR count). The first kappa shape index (κ1) is 23.9. The minimum absolute atomic E-state index is 0.105. The lowest BCUT2D eigenvalue weighted by Gasteiger charge is -2.33. The fourth-order valence-corrected chi connectivity index (χ4v) is 4.76. The molecule has 1 heterocycles. The van der Waals surface area contributed by atoms with Gasteiger partial charge in [0.1, 0.15) is 0 Å². The van der Waals surface area contributed by atoms with Crippen molar-refractivity contribution in [1.29, 1.82) is 0 Å². The van der Waals surface area contributed by atoms with Crippen molar-refractivity contribution in [3.05, 3.63) is 75.8 Å². The zero-order valence-electron chi connectivity index (χ0n) is 20.3. The number of carboxylic acids is 1. The van der Waals surface area contributed by atoms with Gasteiger partial charge in [0.05, 0.1) is 5.60 Å². The summed E-state index contributed by atoms with van der Waals surface area (Å²) >= 11 is 0. The van der Waals surface area contributed by atoms with Crippen molar-refractivity contribution in [2.45, 2.75) is 59.8 Å². The van der Waals surface area contributed by atoms with Crippen LogP contribution < -0.4 is 5.32 Å². The maximum atomic E-state index is 14.7. The number of rotatable bonds is 4. The number of carboxylic acid groups (broad SMARTS) is 1. The summed E-state index contributed by atoms with van der Waals surface area (Å²) in [4.78, 5) is 12.5. The second-order valence-corrected chi connectivity index (χ2v) is 9.84. The maximum absolute atomic E-state index is 14.7. The molecule has 4 nitrogen and oxygen atoms in total. The van der Waals surface area contributed by atoms with Crippen LogP contribution in [0.5, 0.6) is 0 Å². The van der Waals surface area contributed by atoms with E-state index >= 15 is 0 Å². The highest BCUT2D eigenvalue weighted by molar-refractivity contribution is 5.96. The van der Waals surface area contributed by atoms with Crippen LogP contribution >= 0.6 is 0 Å². The number of hydrogen-bond acceptors (Lipinski definition) is 3. The van der Waals surface area contributed by atoms with Crippen LogP contribution in [0.1, 0.15) is 54.7 Å². The minimum Gasteiger partial charge on any atom is -0.479 e. The van der Waals surface area contributed by atoms with E-state index in [1.165, 1.54) is 0 Å². The van der Waals surface area contributed by atoms with Gasteiger partial charge in [0, 0.05) is 28.9 Å². The first-order chi connectivity index (χ1) is 15.9. The molecular weight excluding hydrogens is 436 g/mol. The quantitative estimate of drug-likeness (QED) is 0.432. The third-order valence-corrected chi connectivity index (χ3v) is 6.25. The summed E-state index contributed by atoms with van der Waals surface area (Å²) in [6, 6.07) is 10.6. The molecule has 34 heavy (non-hydrogen) atoms. The molecule has 1 aliphatic rings. The van der Waals surface area contributed by atoms with Crippen molar-refractivity contribution in [2.24, 2.45) is 0 Å². The van der Waals surface area contributed by atoms with E-state index in [1.54, 1.807) is 6.07 Å². The van der Waals surface area contributed by atoms with E-state index in [4.69, 9.17) is 4.74 Å². The Morgan fingerprint density at radius 3 is 2.24 bits per heavy atom. The molecule has 1 aliphatic heterocycles. The van der Waals surface area contributed by atoms with Gasteiger partial charge in [0.25, 0.3) is 0 Å². The summed E-state index contributed by atoms with van der Waals surface area (Å²) in [5.74, 6) is -2.85. The lowest BCUT2D eigenvalue weighted by molar-refractivity contribution is -0.160. The molecule has 2 N–H and O–H groups in total. The SMILES string of the molecule is Cc1ccc(-c2c(C)c3c(c(C)c2[C@H](OC(C)(C)C)C(=O)O)NCc2c-3ccc(F)c2F)cc1. The van der Waals surface area contributed by atoms with Crippen LogP contribution in [0.4, 0.5) is 14.5 Å². The molecule has 3 aromatic carbocycles. The van der Waals surface area contributed by atoms with E-state index in [0.29, 0.717) is 22.4 Å². The Balaban J connectivity index is 2.11. The Labute approximate surface area is 198 Å². The number of carbonyl (C=O) groups is 1. The van der Waals surface area contributed by atoms with Gasteiger partial charge in [-0.05, 0) is 75.4 Å². The molecule has 0 bridgehead atoms. The lowest BCUT2D eigenvalue weighted by atomic mass is 9.80. The van der Waals surface area contributed by atoms with Crippen molar-refractivity contribution in [3.8, 4) is 22.3 Å². The predicted octanol–water partition coefficient (Wildman–Crippen LogP) is 7.09. The Kier molecular flexibility index (Phi) is 5.98. The second kappa shape index (κ2) is 8.51. The molecule has 0 saturated heterocycles. The molecule has 3 aromatic rings. The molecule has 0 saturated carbocycles. The molecule has 0 radical (unpaired) electrons. The van der Waals surface area contributed by atoms with Crippen molar-refractivity contribution >= 4 is 11.7 Å². The number of ether oxygens (including phenoxy) is 1. The monoisotopic (exact) mass is 465 g/mol. The lowest BCUT2D eigenvalue weighted by Crippen LogP contribution is -2.29. The van der Waals surface area contributed by atoms with E-state index in [2.05, 4.69) is 5.32 Å². The molecule has 0 fully saturated rings. The second-order valence-electron chi connectivity index (χ2n) is 9.84. The van der Waals surface area contributed by atoms with E-state index in [0.717, 1.165) is 33.9 Å². The zero-order chi connectivity index (χ0) is 24.9. The van der Waals surface area contributed by atoms with Gasteiger partial charge >= 0.3 is 5.97 Å². The van der Waals surface area contributed by atoms with E-state index in [9.17, 15) is 18.7 Å². The topological polar surface area (TPSA) is 58.6 Å². The fraction of sp³-hybridized carbons (Fsp3) is 0.321. The number of aryl methyl sites for hydroxylation is 1. The smallest absolute Gasteiger partial charge is 0.337 e. The van der Waals surface area contributed by atoms with Crippen LogP contribution in [0.3, 0.4) is 0 Å². The molecule has 0 aromatic heterocycles. The summed E-state index contributed by atoms with van der Waals surface area (Å²) in [6.45, 7) is 11.3. The summed E-state index contributed by atoms with van der Waals surface area (Å²) < 4.78 is 34.7. The highest BCUT2D eigenvalue weighted by Gasteiger charge is 2.35. The first-order valence-corrected chi connectivity index (χ1v) is 11.3. The highest BCUT2D eigenvalue weighted by atomic mass is 19.2. The molecule has 1 atom stereocenters. The number of hydrogen-bond donors (Lipinski definition) is 2. The van der Waals surface area contributed by atoms with Crippen LogP contribution in [0, 0.1) is 32.4 Å². The number of nitrogens with one attached hydrogen (secondary N) is 1. The minimum atomic E-state index is -1.21. The standard InChI is InChI=1S/C28H29F2NO3/c1-14-7-9-17(10-8-14)21-15(2)22-18-11-12-20(29)24(30)19(18)13-31-25(22)16(3)23(21)26(27(32)33)34-28(4,5)6/h7-12,26,31H,13H2,1-6H3,(H,32,33)/t26-/m0/s1. The molecule has 178 valence electrons. The summed E-state index contributed by atoms with van der Waals surface area (Å²) in [7, 11) is 0. The molecule has 0 spiro atoms. The number of anilines is 1. The molecular formula is C28H29F2NO3. The van der Waals surface area contributed by atoms with E-state index in [-0.39, 0.29) is 12.1 Å². The summed E-state index contributed by atoms with van der Waals surface area (Å²) in [5, 5.41) is 13.4. The number of halogens is 2. The molecule has 0 amide bonds. The maximum Gasteiger partial charge on any atom is 0.337 e. The van der Waals surface area contributed by atoms with Crippen LogP contribution in [0.25, 0.3) is 22.3 Å². The normalized spacial score (nSPS) is 13.6. The van der Waals surface area contributed by atoms with Crippen LogP contribution in [0.15, 0.2) is 36.4 Å². The fourth-order valence-electron chi connectivity index (χ4n) is 4.76. The van der Waals surface area contributed by atoms with Crippen molar-refractivity contribution < 1.29 is 23.4 Å². The third kappa shape index (κ3) is 4.07. The Hall–Kier alpha value is -3.25. The average Bonchev–Trinajstić information content (AvgIpc) is 2.76. The number of aliphatic carboxylic acids is 1. The largest absolute Gasteiger partial charge is 0.479 e. The third-order valence-electron chi connectivity index (χ3n) is 6.25. The first-order valence-electron chi connectivity index (χ1n) is 11.3. The summed E-state index contributed by atoms with van der Waals surface area (Å²) in [5.41, 5.74) is 6.31. The van der Waals surface area contributed by atoms with Gasteiger partial charge in [0.15, 0.2) is 17.7 Å². The Morgan fingerprint density at radius 1 is 1.00 bits per heavy atom. The van der Waals surface area contributed by atoms with Crippen LogP contribution in [-0.4, -0.2) is 16.7 Å². The number of fused-ring (bicyclic) bond motifs is 3. The average molecular weight is 466 g/mol. The van der Waals surface area contributed by atoms with Gasteiger partial charge in [-0.25, -0.2) is 13.6 Å². The van der Waals surface area contributed by atoms with Gasteiger partial charge in [-0.1, -0.05) is 35.9 Å². The van der Waals surface area contributed by atoms with Crippen molar-refractivity contribution in [2.75, 3.05) is 5.32 Å². The van der Waals surface area contributed by atoms with Gasteiger partial charge in [-0.2, -0.15) is 0 Å². The van der Waals surface area contributed by atoms with Crippen LogP contribution in [0.2, 0.25) is 0 Å². The van der Waals surface area contributed by atoms with E-state index < -0.39 is 29.3 Å². The summed E-state index contributed by atoms with van der Waals surface area (Å²) in [6.07, 6.45) is -1.21. The number of benzene rings is 3. The van der Waals surface area contributed by atoms with Crippen LogP contribution in [-0.2, 0) is 16.1 Å². The van der Waals surface area contributed by atoms with Gasteiger partial charge in [-0.15, -0.1) is 0 Å². The van der Waals surface area contributed by atoms with Gasteiger partial charge in [-0.3, -0.25) is 0 Å². The molecule has 0 aliphatic carbocycles. The van der Waals surface area contributed by atoms with Gasteiger partial charge in [0.2, 0.25) is 0 Å². The molecule has 6 heteroatoms. The Morgan fingerprint density at radius 2 is 1.65 bits per heavy atom.